The Morgan fingerprint density at radius 3 is 2.71 bits per heavy atom. The first kappa shape index (κ1) is 17.7. The lowest BCUT2D eigenvalue weighted by Crippen LogP contribution is -2.28. The molecule has 0 bridgehead atoms. The molecule has 0 aliphatic rings. The van der Waals surface area contributed by atoms with E-state index in [2.05, 4.69) is 15.6 Å². The first-order chi connectivity index (χ1) is 11.5. The van der Waals surface area contributed by atoms with Gasteiger partial charge in [-0.25, -0.2) is 9.78 Å². The average molecular weight is 328 g/mol. The molecule has 2 N–H and O–H groups in total. The van der Waals surface area contributed by atoms with Gasteiger partial charge < -0.3 is 20.3 Å². The molecule has 1 aromatic carbocycles. The van der Waals surface area contributed by atoms with Crippen molar-refractivity contribution in [2.45, 2.75) is 19.6 Å². The van der Waals surface area contributed by atoms with E-state index in [0.717, 1.165) is 22.8 Å². The van der Waals surface area contributed by atoms with Crippen LogP contribution in [0.15, 0.2) is 42.5 Å². The van der Waals surface area contributed by atoms with Gasteiger partial charge in [0.05, 0.1) is 18.3 Å². The molecule has 1 unspecified atom stereocenters. The minimum atomic E-state index is -0.269. The third-order valence-electron chi connectivity index (χ3n) is 3.65. The number of ether oxygens (including phenoxy) is 1. The Labute approximate surface area is 142 Å². The van der Waals surface area contributed by atoms with E-state index in [1.165, 1.54) is 0 Å². The Balaban J connectivity index is 1.93. The molecule has 1 aromatic heterocycles. The number of hydrogen-bond donors (Lipinski definition) is 2. The van der Waals surface area contributed by atoms with Crippen LogP contribution in [-0.4, -0.2) is 32.2 Å². The van der Waals surface area contributed by atoms with Crippen molar-refractivity contribution in [3.05, 3.63) is 53.7 Å². The standard InChI is InChI=1S/C18H24N4O2/c1-13(24-4)14-7-5-8-15(11-14)21-18(23)19-12-16-9-6-10-17(20-16)22(2)3/h5-11,13H,12H2,1-4H3,(H2,19,21,23). The molecule has 0 saturated heterocycles. The Morgan fingerprint density at radius 2 is 2.00 bits per heavy atom. The first-order valence-corrected chi connectivity index (χ1v) is 7.80. The number of hydrogen-bond acceptors (Lipinski definition) is 4. The Hall–Kier alpha value is -2.60. The number of rotatable bonds is 6. The highest BCUT2D eigenvalue weighted by molar-refractivity contribution is 5.89. The summed E-state index contributed by atoms with van der Waals surface area (Å²) >= 11 is 0. The zero-order chi connectivity index (χ0) is 17.5. The summed E-state index contributed by atoms with van der Waals surface area (Å²) in [6, 6.07) is 13.1. The molecule has 0 aliphatic heterocycles. The highest BCUT2D eigenvalue weighted by Crippen LogP contribution is 2.19. The van der Waals surface area contributed by atoms with Crippen LogP contribution in [0.3, 0.4) is 0 Å². The van der Waals surface area contributed by atoms with Gasteiger partial charge in [-0.15, -0.1) is 0 Å². The second-order valence-corrected chi connectivity index (χ2v) is 5.69. The molecule has 2 amide bonds. The largest absolute Gasteiger partial charge is 0.377 e. The number of benzene rings is 1. The molecule has 0 radical (unpaired) electrons. The lowest BCUT2D eigenvalue weighted by molar-refractivity contribution is 0.119. The smallest absolute Gasteiger partial charge is 0.319 e. The molecule has 0 fully saturated rings. The van der Waals surface area contributed by atoms with Crippen LogP contribution in [0.1, 0.15) is 24.3 Å². The molecular formula is C18H24N4O2. The van der Waals surface area contributed by atoms with E-state index < -0.39 is 0 Å². The molecule has 6 nitrogen and oxygen atoms in total. The number of pyridine rings is 1. The second kappa shape index (κ2) is 8.31. The summed E-state index contributed by atoms with van der Waals surface area (Å²) in [5.41, 5.74) is 2.54. The fourth-order valence-electron chi connectivity index (χ4n) is 2.17. The number of nitrogens with zero attached hydrogens (tertiary/aromatic N) is 2. The summed E-state index contributed by atoms with van der Waals surface area (Å²) in [5.74, 6) is 0.857. The van der Waals surface area contributed by atoms with Gasteiger partial charge in [0.2, 0.25) is 0 Å². The van der Waals surface area contributed by atoms with Gasteiger partial charge in [0.15, 0.2) is 0 Å². The summed E-state index contributed by atoms with van der Waals surface area (Å²) in [4.78, 5) is 18.5. The summed E-state index contributed by atoms with van der Waals surface area (Å²) in [5, 5.41) is 5.64. The van der Waals surface area contributed by atoms with E-state index in [1.807, 2.05) is 68.4 Å². The molecule has 0 aliphatic carbocycles. The molecule has 128 valence electrons. The fraction of sp³-hybridized carbons (Fsp3) is 0.333. The van der Waals surface area contributed by atoms with Gasteiger partial charge in [0.25, 0.3) is 0 Å². The quantitative estimate of drug-likeness (QED) is 0.855. The molecule has 24 heavy (non-hydrogen) atoms. The third kappa shape index (κ3) is 4.96. The summed E-state index contributed by atoms with van der Waals surface area (Å²) in [7, 11) is 5.52. The van der Waals surface area contributed by atoms with Crippen LogP contribution in [0.25, 0.3) is 0 Å². The fourth-order valence-corrected chi connectivity index (χ4v) is 2.17. The predicted molar refractivity (Wildman–Crippen MR) is 96.3 cm³/mol. The number of amides is 2. The molecule has 2 aromatic rings. The van der Waals surface area contributed by atoms with Crippen molar-refractivity contribution in [1.82, 2.24) is 10.3 Å². The Bertz CT molecular complexity index is 688. The zero-order valence-corrected chi connectivity index (χ0v) is 14.5. The predicted octanol–water partition coefficient (Wildman–Crippen LogP) is 3.18. The lowest BCUT2D eigenvalue weighted by Gasteiger charge is -2.14. The van der Waals surface area contributed by atoms with Crippen LogP contribution in [0.4, 0.5) is 16.3 Å². The van der Waals surface area contributed by atoms with Crippen molar-refractivity contribution in [1.29, 1.82) is 0 Å². The monoisotopic (exact) mass is 328 g/mol. The van der Waals surface area contributed by atoms with Crippen LogP contribution in [0, 0.1) is 0 Å². The number of urea groups is 1. The molecule has 6 heteroatoms. The maximum atomic E-state index is 12.1. The normalized spacial score (nSPS) is 11.7. The van der Waals surface area contributed by atoms with Crippen molar-refractivity contribution in [3.8, 4) is 0 Å². The van der Waals surface area contributed by atoms with Crippen LogP contribution in [-0.2, 0) is 11.3 Å². The molecule has 1 heterocycles. The Morgan fingerprint density at radius 1 is 1.25 bits per heavy atom. The Kier molecular flexibility index (Phi) is 6.14. The van der Waals surface area contributed by atoms with Crippen LogP contribution in [0.5, 0.6) is 0 Å². The van der Waals surface area contributed by atoms with Gasteiger partial charge >= 0.3 is 6.03 Å². The first-order valence-electron chi connectivity index (χ1n) is 7.80. The molecule has 0 spiro atoms. The summed E-state index contributed by atoms with van der Waals surface area (Å²) in [6.45, 7) is 2.32. The number of methoxy groups -OCH3 is 1. The van der Waals surface area contributed by atoms with Crippen molar-refractivity contribution < 1.29 is 9.53 Å². The number of anilines is 2. The maximum Gasteiger partial charge on any atom is 0.319 e. The van der Waals surface area contributed by atoms with E-state index in [-0.39, 0.29) is 12.1 Å². The number of nitrogens with one attached hydrogen (secondary N) is 2. The van der Waals surface area contributed by atoms with Gasteiger partial charge in [0, 0.05) is 26.9 Å². The molecule has 2 rings (SSSR count). The maximum absolute atomic E-state index is 12.1. The van der Waals surface area contributed by atoms with Crippen LogP contribution < -0.4 is 15.5 Å². The van der Waals surface area contributed by atoms with E-state index >= 15 is 0 Å². The van der Waals surface area contributed by atoms with Gasteiger partial charge in [-0.05, 0) is 36.8 Å². The topological polar surface area (TPSA) is 66.5 Å². The highest BCUT2D eigenvalue weighted by Gasteiger charge is 2.07. The number of aromatic nitrogens is 1. The minimum absolute atomic E-state index is 0.0206. The third-order valence-corrected chi connectivity index (χ3v) is 3.65. The lowest BCUT2D eigenvalue weighted by atomic mass is 10.1. The minimum Gasteiger partial charge on any atom is -0.377 e. The van der Waals surface area contributed by atoms with Gasteiger partial charge in [-0.2, -0.15) is 0 Å². The van der Waals surface area contributed by atoms with Crippen molar-refractivity contribution in [2.24, 2.45) is 0 Å². The molecule has 0 saturated carbocycles. The SMILES string of the molecule is COC(C)c1cccc(NC(=O)NCc2cccc(N(C)C)n2)c1. The van der Waals surface area contributed by atoms with Gasteiger partial charge in [0.1, 0.15) is 5.82 Å². The van der Waals surface area contributed by atoms with Crippen molar-refractivity contribution >= 4 is 17.5 Å². The molecular weight excluding hydrogens is 304 g/mol. The van der Waals surface area contributed by atoms with Crippen LogP contribution in [0.2, 0.25) is 0 Å². The van der Waals surface area contributed by atoms with E-state index in [9.17, 15) is 4.79 Å². The zero-order valence-electron chi connectivity index (χ0n) is 14.5. The highest BCUT2D eigenvalue weighted by atomic mass is 16.5. The van der Waals surface area contributed by atoms with Crippen LogP contribution >= 0.6 is 0 Å². The van der Waals surface area contributed by atoms with Gasteiger partial charge in [-0.3, -0.25) is 0 Å². The van der Waals surface area contributed by atoms with Crippen molar-refractivity contribution in [3.63, 3.8) is 0 Å². The second-order valence-electron chi connectivity index (χ2n) is 5.69. The number of carbonyl (C=O) groups is 1. The average Bonchev–Trinajstić information content (AvgIpc) is 2.59. The van der Waals surface area contributed by atoms with Gasteiger partial charge in [-0.1, -0.05) is 18.2 Å². The van der Waals surface area contributed by atoms with Crippen molar-refractivity contribution in [2.75, 3.05) is 31.4 Å². The number of carbonyl (C=O) groups excluding carboxylic acids is 1. The summed E-state index contributed by atoms with van der Waals surface area (Å²) < 4.78 is 5.29. The van der Waals surface area contributed by atoms with E-state index in [0.29, 0.717) is 6.54 Å². The molecule has 1 atom stereocenters. The van der Waals surface area contributed by atoms with E-state index in [4.69, 9.17) is 4.74 Å². The van der Waals surface area contributed by atoms with E-state index in [1.54, 1.807) is 7.11 Å². The summed E-state index contributed by atoms with van der Waals surface area (Å²) in [6.07, 6.45) is -0.0206.